The fourth-order valence-corrected chi connectivity index (χ4v) is 3.23. The van der Waals surface area contributed by atoms with E-state index >= 15 is 0 Å². The number of amides is 1. The van der Waals surface area contributed by atoms with Gasteiger partial charge in [0.05, 0.1) is 17.8 Å². The fourth-order valence-electron chi connectivity index (χ4n) is 3.23. The zero-order chi connectivity index (χ0) is 18.8. The third-order valence-corrected chi connectivity index (χ3v) is 4.67. The van der Waals surface area contributed by atoms with Crippen molar-refractivity contribution in [1.29, 1.82) is 0 Å². The summed E-state index contributed by atoms with van der Waals surface area (Å²) in [6.45, 7) is 5.26. The Morgan fingerprint density at radius 3 is 2.63 bits per heavy atom. The lowest BCUT2D eigenvalue weighted by Crippen LogP contribution is -2.48. The van der Waals surface area contributed by atoms with Crippen LogP contribution in [0.2, 0.25) is 0 Å². The van der Waals surface area contributed by atoms with E-state index < -0.39 is 0 Å². The van der Waals surface area contributed by atoms with Crippen molar-refractivity contribution in [2.75, 3.05) is 26.2 Å². The van der Waals surface area contributed by atoms with Gasteiger partial charge in [-0.05, 0) is 31.2 Å². The maximum atomic E-state index is 13.9. The second kappa shape index (κ2) is 7.36. The highest BCUT2D eigenvalue weighted by molar-refractivity contribution is 5.92. The number of carbonyl (C=O) groups is 1. The molecule has 1 amide bonds. The van der Waals surface area contributed by atoms with E-state index in [1.165, 1.54) is 6.07 Å². The van der Waals surface area contributed by atoms with Gasteiger partial charge in [0.25, 0.3) is 5.91 Å². The summed E-state index contributed by atoms with van der Waals surface area (Å²) in [5, 5.41) is 3.89. The summed E-state index contributed by atoms with van der Waals surface area (Å²) in [7, 11) is 0. The van der Waals surface area contributed by atoms with Crippen LogP contribution in [-0.4, -0.2) is 47.0 Å². The Bertz CT molecular complexity index is 941. The molecule has 0 unspecified atom stereocenters. The zero-order valence-electron chi connectivity index (χ0n) is 15.0. The Morgan fingerprint density at radius 2 is 1.93 bits per heavy atom. The van der Waals surface area contributed by atoms with Crippen LogP contribution >= 0.6 is 0 Å². The quantitative estimate of drug-likeness (QED) is 0.706. The van der Waals surface area contributed by atoms with Crippen LogP contribution in [0.4, 0.5) is 4.39 Å². The number of aryl methyl sites for hydroxylation is 1. The van der Waals surface area contributed by atoms with E-state index in [2.05, 4.69) is 10.1 Å². The molecule has 2 aromatic heterocycles. The number of furan rings is 1. The molecule has 0 N–H and O–H groups in total. The monoisotopic (exact) mass is 369 g/mol. The van der Waals surface area contributed by atoms with Crippen molar-refractivity contribution in [3.63, 3.8) is 0 Å². The van der Waals surface area contributed by atoms with Crippen molar-refractivity contribution in [2.24, 2.45) is 0 Å². The molecule has 27 heavy (non-hydrogen) atoms. The highest BCUT2D eigenvalue weighted by Gasteiger charge is 2.25. The van der Waals surface area contributed by atoms with Crippen molar-refractivity contribution >= 4 is 5.91 Å². The average Bonchev–Trinajstić information content (AvgIpc) is 3.31. The van der Waals surface area contributed by atoms with Crippen molar-refractivity contribution in [3.05, 3.63) is 65.5 Å². The van der Waals surface area contributed by atoms with Gasteiger partial charge in [-0.25, -0.2) is 4.39 Å². The molecule has 1 aliphatic heterocycles. The third-order valence-electron chi connectivity index (χ3n) is 4.67. The molecule has 4 rings (SSSR count). The molecular formula is C20H20FN3O3. The smallest absolute Gasteiger partial charge is 0.289 e. The molecule has 0 atom stereocenters. The second-order valence-corrected chi connectivity index (χ2v) is 6.65. The van der Waals surface area contributed by atoms with E-state index in [-0.39, 0.29) is 17.5 Å². The minimum absolute atomic E-state index is 0.173. The van der Waals surface area contributed by atoms with Gasteiger partial charge in [-0.1, -0.05) is 17.3 Å². The summed E-state index contributed by atoms with van der Waals surface area (Å²) >= 11 is 0. The maximum Gasteiger partial charge on any atom is 0.289 e. The number of rotatable bonds is 4. The molecule has 7 heteroatoms. The highest BCUT2D eigenvalue weighted by atomic mass is 19.1. The van der Waals surface area contributed by atoms with Crippen LogP contribution in [0.1, 0.15) is 22.0 Å². The SMILES string of the molecule is Cc1cc(CN2CCN(C(=O)c3ccc(-c4ccccc4F)o3)CC2)on1. The van der Waals surface area contributed by atoms with Gasteiger partial charge in [0, 0.05) is 32.2 Å². The van der Waals surface area contributed by atoms with Crippen LogP contribution in [0.25, 0.3) is 11.3 Å². The molecule has 1 fully saturated rings. The first kappa shape index (κ1) is 17.5. The number of hydrogen-bond acceptors (Lipinski definition) is 5. The van der Waals surface area contributed by atoms with Gasteiger partial charge >= 0.3 is 0 Å². The van der Waals surface area contributed by atoms with Crippen molar-refractivity contribution < 1.29 is 18.1 Å². The molecule has 140 valence electrons. The van der Waals surface area contributed by atoms with Crippen LogP contribution in [0, 0.1) is 12.7 Å². The predicted octanol–water partition coefficient (Wildman–Crippen LogP) is 3.34. The van der Waals surface area contributed by atoms with Gasteiger partial charge < -0.3 is 13.8 Å². The van der Waals surface area contributed by atoms with E-state index in [0.717, 1.165) is 24.5 Å². The normalized spacial score (nSPS) is 15.3. The van der Waals surface area contributed by atoms with Gasteiger partial charge in [-0.15, -0.1) is 0 Å². The number of hydrogen-bond donors (Lipinski definition) is 0. The summed E-state index contributed by atoms with van der Waals surface area (Å²) in [5.41, 5.74) is 1.21. The van der Waals surface area contributed by atoms with Crippen molar-refractivity contribution in [3.8, 4) is 11.3 Å². The third kappa shape index (κ3) is 3.78. The summed E-state index contributed by atoms with van der Waals surface area (Å²) in [5.74, 6) is 0.867. The molecule has 6 nitrogen and oxygen atoms in total. The van der Waals surface area contributed by atoms with Gasteiger partial charge in [0.15, 0.2) is 11.5 Å². The molecule has 0 aliphatic carbocycles. The molecule has 1 aliphatic rings. The molecule has 3 heterocycles. The zero-order valence-corrected chi connectivity index (χ0v) is 15.0. The van der Waals surface area contributed by atoms with Crippen molar-refractivity contribution in [2.45, 2.75) is 13.5 Å². The summed E-state index contributed by atoms with van der Waals surface area (Å²) < 4.78 is 24.8. The molecule has 0 radical (unpaired) electrons. The number of piperazine rings is 1. The van der Waals surface area contributed by atoms with Gasteiger partial charge in [-0.2, -0.15) is 0 Å². The van der Waals surface area contributed by atoms with Crippen LogP contribution in [0.3, 0.4) is 0 Å². The largest absolute Gasteiger partial charge is 0.451 e. The van der Waals surface area contributed by atoms with Crippen LogP contribution < -0.4 is 0 Å². The Kier molecular flexibility index (Phi) is 4.77. The van der Waals surface area contributed by atoms with Gasteiger partial charge in [0.1, 0.15) is 11.6 Å². The number of nitrogens with zero attached hydrogens (tertiary/aromatic N) is 3. The van der Waals surface area contributed by atoms with Crippen LogP contribution in [0.5, 0.6) is 0 Å². The minimum Gasteiger partial charge on any atom is -0.451 e. The molecule has 0 bridgehead atoms. The van der Waals surface area contributed by atoms with Crippen molar-refractivity contribution in [1.82, 2.24) is 15.0 Å². The molecule has 0 spiro atoms. The Balaban J connectivity index is 1.38. The second-order valence-electron chi connectivity index (χ2n) is 6.65. The average molecular weight is 369 g/mol. The Hall–Kier alpha value is -2.93. The number of benzene rings is 1. The predicted molar refractivity (Wildman–Crippen MR) is 96.5 cm³/mol. The summed E-state index contributed by atoms with van der Waals surface area (Å²) in [6.07, 6.45) is 0. The first-order valence-electron chi connectivity index (χ1n) is 8.89. The first-order chi connectivity index (χ1) is 13.1. The Morgan fingerprint density at radius 1 is 1.15 bits per heavy atom. The Labute approximate surface area is 156 Å². The molecular weight excluding hydrogens is 349 g/mol. The van der Waals surface area contributed by atoms with Gasteiger partial charge in [-0.3, -0.25) is 9.69 Å². The van der Waals surface area contributed by atoms with Crippen LogP contribution in [-0.2, 0) is 6.54 Å². The maximum absolute atomic E-state index is 13.9. The minimum atomic E-state index is -0.373. The van der Waals surface area contributed by atoms with E-state index in [0.29, 0.717) is 31.0 Å². The topological polar surface area (TPSA) is 62.7 Å². The summed E-state index contributed by atoms with van der Waals surface area (Å²) in [4.78, 5) is 16.7. The number of aromatic nitrogens is 1. The van der Waals surface area contributed by atoms with E-state index in [1.54, 1.807) is 35.2 Å². The standard InChI is InChI=1S/C20H20FN3O3/c1-14-12-15(27-22-14)13-23-8-10-24(11-9-23)20(25)19-7-6-18(26-19)16-4-2-3-5-17(16)21/h2-7,12H,8-11,13H2,1H3. The fraction of sp³-hybridized carbons (Fsp3) is 0.300. The van der Waals surface area contributed by atoms with E-state index in [9.17, 15) is 9.18 Å². The first-order valence-corrected chi connectivity index (χ1v) is 8.89. The molecule has 3 aromatic rings. The van der Waals surface area contributed by atoms with Crippen LogP contribution in [0.15, 0.2) is 51.4 Å². The van der Waals surface area contributed by atoms with E-state index in [4.69, 9.17) is 8.94 Å². The molecule has 0 saturated carbocycles. The summed E-state index contributed by atoms with van der Waals surface area (Å²) in [6, 6.07) is 11.5. The highest BCUT2D eigenvalue weighted by Crippen LogP contribution is 2.25. The molecule has 1 aromatic carbocycles. The lowest BCUT2D eigenvalue weighted by atomic mass is 10.1. The van der Waals surface area contributed by atoms with Gasteiger partial charge in [0.2, 0.25) is 0 Å². The lowest BCUT2D eigenvalue weighted by molar-refractivity contribution is 0.0588. The number of halogens is 1. The molecule has 1 saturated heterocycles. The lowest BCUT2D eigenvalue weighted by Gasteiger charge is -2.33. The number of carbonyl (C=O) groups excluding carboxylic acids is 1. The van der Waals surface area contributed by atoms with E-state index in [1.807, 2.05) is 13.0 Å².